The predicted octanol–water partition coefficient (Wildman–Crippen LogP) is 3.06. The topological polar surface area (TPSA) is 131 Å². The normalized spacial score (nSPS) is 18.3. The van der Waals surface area contributed by atoms with Gasteiger partial charge < -0.3 is 10.2 Å². The second kappa shape index (κ2) is 8.43. The van der Waals surface area contributed by atoms with E-state index in [0.29, 0.717) is 16.1 Å². The molecule has 0 bridgehead atoms. The number of pyridine rings is 1. The van der Waals surface area contributed by atoms with Crippen LogP contribution in [0.1, 0.15) is 23.8 Å². The number of nitrogens with one attached hydrogen (secondary N) is 1. The molecule has 1 unspecified atom stereocenters. The van der Waals surface area contributed by atoms with E-state index in [0.717, 1.165) is 6.07 Å². The molecule has 0 aliphatic carbocycles. The molecular formula is C20H19ClF2N6O3S. The van der Waals surface area contributed by atoms with E-state index >= 15 is 0 Å². The van der Waals surface area contributed by atoms with Gasteiger partial charge >= 0.3 is 0 Å². The highest BCUT2D eigenvalue weighted by molar-refractivity contribution is 7.89. The fourth-order valence-electron chi connectivity index (χ4n) is 3.50. The van der Waals surface area contributed by atoms with Crippen molar-refractivity contribution in [3.63, 3.8) is 0 Å². The van der Waals surface area contributed by atoms with Crippen LogP contribution in [0.25, 0.3) is 11.0 Å². The molecule has 13 heteroatoms. The van der Waals surface area contributed by atoms with E-state index in [1.165, 1.54) is 25.3 Å². The molecule has 1 aliphatic rings. The number of primary sulfonamides is 1. The summed E-state index contributed by atoms with van der Waals surface area (Å²) >= 11 is 6.04. The summed E-state index contributed by atoms with van der Waals surface area (Å²) in [6, 6.07) is 7.24. The molecule has 3 N–H and O–H groups in total. The summed E-state index contributed by atoms with van der Waals surface area (Å²) in [5, 5.41) is 7.60. The fraction of sp³-hybridized carbons (Fsp3) is 0.300. The minimum absolute atomic E-state index is 0.0176. The third-order valence-corrected chi connectivity index (χ3v) is 6.38. The van der Waals surface area contributed by atoms with Gasteiger partial charge in [-0.05, 0) is 24.3 Å². The van der Waals surface area contributed by atoms with Crippen molar-refractivity contribution in [2.45, 2.75) is 24.3 Å². The van der Waals surface area contributed by atoms with E-state index in [4.69, 9.17) is 16.7 Å². The Morgan fingerprint density at radius 1 is 1.24 bits per heavy atom. The number of benzene rings is 1. The van der Waals surface area contributed by atoms with Crippen LogP contribution in [0.15, 0.2) is 41.6 Å². The van der Waals surface area contributed by atoms with Gasteiger partial charge in [0.05, 0.1) is 11.0 Å². The molecule has 1 fully saturated rings. The number of nitrogens with two attached hydrogens (primary N) is 1. The number of anilines is 2. The van der Waals surface area contributed by atoms with Gasteiger partial charge in [0.1, 0.15) is 0 Å². The van der Waals surface area contributed by atoms with Crippen molar-refractivity contribution < 1.29 is 22.0 Å². The first-order valence-corrected chi connectivity index (χ1v) is 11.8. The molecule has 4 rings (SSSR count). The number of rotatable bonds is 4. The predicted molar refractivity (Wildman–Crippen MR) is 119 cm³/mol. The molecule has 1 aliphatic heterocycles. The van der Waals surface area contributed by atoms with Crippen LogP contribution in [0.5, 0.6) is 0 Å². The summed E-state index contributed by atoms with van der Waals surface area (Å²) in [5.41, 5.74) is 0.774. The molecule has 2 aromatic heterocycles. The summed E-state index contributed by atoms with van der Waals surface area (Å²) < 4.78 is 51.2. The van der Waals surface area contributed by atoms with E-state index in [-0.39, 0.29) is 30.3 Å². The lowest BCUT2D eigenvalue weighted by Gasteiger charge is -2.37. The zero-order chi connectivity index (χ0) is 24.0. The minimum atomic E-state index is -4.09. The van der Waals surface area contributed by atoms with E-state index in [2.05, 4.69) is 20.3 Å². The van der Waals surface area contributed by atoms with Gasteiger partial charge in [-0.3, -0.25) is 4.79 Å². The number of carbonyl (C=O) groups is 1. The number of sulfonamides is 1. The Morgan fingerprint density at radius 2 is 2.00 bits per heavy atom. The molecule has 1 saturated heterocycles. The second-order valence-corrected chi connectivity index (χ2v) is 9.71. The van der Waals surface area contributed by atoms with Gasteiger partial charge in [0.15, 0.2) is 16.5 Å². The number of piperidine rings is 1. The highest BCUT2D eigenvalue weighted by Crippen LogP contribution is 2.36. The Kier molecular flexibility index (Phi) is 5.93. The van der Waals surface area contributed by atoms with Gasteiger partial charge in [-0.15, -0.1) is 0 Å². The summed E-state index contributed by atoms with van der Waals surface area (Å²) in [6.45, 7) is 1.40. The van der Waals surface area contributed by atoms with Crippen LogP contribution < -0.4 is 15.4 Å². The van der Waals surface area contributed by atoms with Crippen molar-refractivity contribution in [2.75, 3.05) is 23.3 Å². The van der Waals surface area contributed by atoms with Gasteiger partial charge in [-0.25, -0.2) is 37.3 Å². The Bertz CT molecular complexity index is 1350. The van der Waals surface area contributed by atoms with E-state index in [9.17, 15) is 22.0 Å². The molecule has 0 spiro atoms. The number of hydrogen-bond acceptors (Lipinski definition) is 7. The molecular weight excluding hydrogens is 478 g/mol. The van der Waals surface area contributed by atoms with Crippen molar-refractivity contribution >= 4 is 50.1 Å². The maximum Gasteiger partial charge on any atom is 0.278 e. The van der Waals surface area contributed by atoms with Crippen LogP contribution in [0, 0.1) is 5.92 Å². The summed E-state index contributed by atoms with van der Waals surface area (Å²) in [5.74, 6) is -4.35. The molecule has 3 heterocycles. The van der Waals surface area contributed by atoms with E-state index in [1.54, 1.807) is 17.0 Å². The van der Waals surface area contributed by atoms with Crippen LogP contribution in [-0.4, -0.2) is 48.3 Å². The zero-order valence-corrected chi connectivity index (χ0v) is 18.9. The average Bonchev–Trinajstić information content (AvgIpc) is 2.74. The third-order valence-electron chi connectivity index (χ3n) is 5.34. The molecule has 1 atom stereocenters. The number of amides is 1. The van der Waals surface area contributed by atoms with Crippen molar-refractivity contribution in [2.24, 2.45) is 11.1 Å². The zero-order valence-electron chi connectivity index (χ0n) is 17.3. The molecule has 174 valence electrons. The van der Waals surface area contributed by atoms with Crippen LogP contribution in [0.2, 0.25) is 5.02 Å². The number of carbonyl (C=O) groups excluding carboxylic acids is 1. The van der Waals surface area contributed by atoms with Crippen LogP contribution >= 0.6 is 11.6 Å². The van der Waals surface area contributed by atoms with Crippen molar-refractivity contribution in [1.82, 2.24) is 15.0 Å². The fourth-order valence-corrected chi connectivity index (χ4v) is 4.17. The lowest BCUT2D eigenvalue weighted by atomic mass is 9.95. The number of aromatic nitrogens is 3. The molecule has 33 heavy (non-hydrogen) atoms. The Labute approximate surface area is 193 Å². The summed E-state index contributed by atoms with van der Waals surface area (Å²) in [4.78, 5) is 27.3. The summed E-state index contributed by atoms with van der Waals surface area (Å²) in [7, 11) is -4.09. The van der Waals surface area contributed by atoms with Gasteiger partial charge in [-0.1, -0.05) is 18.5 Å². The number of alkyl halides is 2. The first-order valence-electron chi connectivity index (χ1n) is 9.84. The van der Waals surface area contributed by atoms with Crippen molar-refractivity contribution in [3.8, 4) is 0 Å². The quantitative estimate of drug-likeness (QED) is 0.567. The van der Waals surface area contributed by atoms with Gasteiger partial charge in [0.2, 0.25) is 0 Å². The largest absolute Gasteiger partial charge is 0.354 e. The standard InChI is InChI=1S/C20H19ClF2N6O3S/c1-11-10-29(7-5-20(11,22)23)18-17(27-15-8-12(21)2-3-14(15)28-18)19(30)26-13-4-6-25-16(9-13)33(24,31)32/h2-4,6,8-9,11H,5,7,10H2,1H3,(H2,24,31,32)(H,25,26,30). The Hall–Kier alpha value is -2.96. The number of nitrogens with zero attached hydrogens (tertiary/aromatic N) is 4. The molecule has 3 aromatic rings. The SMILES string of the molecule is CC1CN(c2nc3ccc(Cl)cc3nc2C(=O)Nc2ccnc(S(N)(=O)=O)c2)CCC1(F)F. The monoisotopic (exact) mass is 496 g/mol. The highest BCUT2D eigenvalue weighted by Gasteiger charge is 2.42. The first kappa shape index (κ1) is 23.2. The summed E-state index contributed by atoms with van der Waals surface area (Å²) in [6.07, 6.45) is 0.786. The van der Waals surface area contributed by atoms with E-state index in [1.807, 2.05) is 0 Å². The van der Waals surface area contributed by atoms with Crippen LogP contribution in [0.3, 0.4) is 0 Å². The second-order valence-electron chi connectivity index (χ2n) is 7.77. The van der Waals surface area contributed by atoms with Crippen LogP contribution in [-0.2, 0) is 10.0 Å². The maximum atomic E-state index is 14.0. The Morgan fingerprint density at radius 3 is 2.70 bits per heavy atom. The number of fused-ring (bicyclic) bond motifs is 1. The van der Waals surface area contributed by atoms with Gasteiger partial charge in [0, 0.05) is 48.4 Å². The molecule has 1 aromatic carbocycles. The van der Waals surface area contributed by atoms with Gasteiger partial charge in [-0.2, -0.15) is 0 Å². The minimum Gasteiger partial charge on any atom is -0.354 e. The van der Waals surface area contributed by atoms with Gasteiger partial charge in [0.25, 0.3) is 21.9 Å². The molecule has 9 nitrogen and oxygen atoms in total. The maximum absolute atomic E-state index is 14.0. The van der Waals surface area contributed by atoms with E-state index < -0.39 is 39.2 Å². The lowest BCUT2D eigenvalue weighted by molar-refractivity contribution is -0.0652. The molecule has 1 amide bonds. The van der Waals surface area contributed by atoms with Crippen molar-refractivity contribution in [3.05, 3.63) is 47.2 Å². The van der Waals surface area contributed by atoms with Crippen molar-refractivity contribution in [1.29, 1.82) is 0 Å². The smallest absolute Gasteiger partial charge is 0.278 e. The number of hydrogen-bond donors (Lipinski definition) is 2. The Balaban J connectivity index is 1.75. The first-order chi connectivity index (χ1) is 15.4. The third kappa shape index (κ3) is 4.87. The lowest BCUT2D eigenvalue weighted by Crippen LogP contribution is -2.46. The van der Waals surface area contributed by atoms with Crippen LogP contribution in [0.4, 0.5) is 20.3 Å². The molecule has 0 saturated carbocycles. The number of halogens is 3. The molecule has 0 radical (unpaired) electrons. The average molecular weight is 497 g/mol. The highest BCUT2D eigenvalue weighted by atomic mass is 35.5.